The smallest absolute Gasteiger partial charge is 0.338 e. The molecule has 0 saturated heterocycles. The Kier molecular flexibility index (Phi) is 2.54. The molecule has 0 aromatic heterocycles. The monoisotopic (exact) mass is 218 g/mol. The zero-order chi connectivity index (χ0) is 11.8. The van der Waals surface area contributed by atoms with Crippen LogP contribution in [0.25, 0.3) is 0 Å². The van der Waals surface area contributed by atoms with Crippen molar-refractivity contribution in [3.8, 4) is 0 Å². The highest BCUT2D eigenvalue weighted by Crippen LogP contribution is 2.50. The van der Waals surface area contributed by atoms with Crippen LogP contribution < -0.4 is 0 Å². The zero-order valence-corrected chi connectivity index (χ0v) is 9.45. The summed E-state index contributed by atoms with van der Waals surface area (Å²) in [5.74, 6) is -0.244. The Morgan fingerprint density at radius 1 is 1.25 bits per heavy atom. The summed E-state index contributed by atoms with van der Waals surface area (Å²) in [6, 6.07) is 7.20. The van der Waals surface area contributed by atoms with Crippen molar-refractivity contribution in [1.82, 2.24) is 0 Å². The third-order valence-corrected chi connectivity index (χ3v) is 3.27. The first-order valence-corrected chi connectivity index (χ1v) is 5.31. The van der Waals surface area contributed by atoms with E-state index in [1.54, 1.807) is 19.1 Å². The van der Waals surface area contributed by atoms with Crippen LogP contribution >= 0.6 is 0 Å². The van der Waals surface area contributed by atoms with Crippen molar-refractivity contribution in [2.24, 2.45) is 0 Å². The van der Waals surface area contributed by atoms with Crippen molar-refractivity contribution in [2.45, 2.75) is 25.2 Å². The van der Waals surface area contributed by atoms with Gasteiger partial charge in [-0.3, -0.25) is 4.79 Å². The van der Waals surface area contributed by atoms with E-state index in [1.807, 2.05) is 12.1 Å². The first-order chi connectivity index (χ1) is 7.62. The molecule has 0 amide bonds. The van der Waals surface area contributed by atoms with Gasteiger partial charge in [-0.1, -0.05) is 18.2 Å². The van der Waals surface area contributed by atoms with Crippen LogP contribution in [-0.4, -0.2) is 18.9 Å². The Hall–Kier alpha value is -1.64. The average Bonchev–Trinajstić information content (AvgIpc) is 3.09. The Morgan fingerprint density at radius 3 is 2.38 bits per heavy atom. The largest absolute Gasteiger partial charge is 0.465 e. The predicted octanol–water partition coefficient (Wildman–Crippen LogP) is 2.09. The summed E-state index contributed by atoms with van der Waals surface area (Å²) in [6.45, 7) is 1.58. The van der Waals surface area contributed by atoms with Crippen molar-refractivity contribution in [1.29, 1.82) is 0 Å². The van der Waals surface area contributed by atoms with Gasteiger partial charge in [-0.25, -0.2) is 4.79 Å². The predicted molar refractivity (Wildman–Crippen MR) is 59.4 cm³/mol. The minimum Gasteiger partial charge on any atom is -0.465 e. The van der Waals surface area contributed by atoms with E-state index in [2.05, 4.69) is 0 Å². The van der Waals surface area contributed by atoms with E-state index in [1.165, 1.54) is 7.11 Å². The van der Waals surface area contributed by atoms with E-state index in [9.17, 15) is 9.59 Å². The third-order valence-electron chi connectivity index (χ3n) is 3.27. The molecule has 0 atom stereocenters. The van der Waals surface area contributed by atoms with E-state index in [4.69, 9.17) is 4.74 Å². The van der Waals surface area contributed by atoms with Gasteiger partial charge in [-0.15, -0.1) is 0 Å². The quantitative estimate of drug-likeness (QED) is 0.730. The fourth-order valence-electron chi connectivity index (χ4n) is 2.12. The molecule has 0 spiro atoms. The molecule has 1 aromatic rings. The normalized spacial score (nSPS) is 16.6. The molecule has 1 fully saturated rings. The van der Waals surface area contributed by atoms with Crippen molar-refractivity contribution in [2.75, 3.05) is 7.11 Å². The highest BCUT2D eigenvalue weighted by molar-refractivity contribution is 5.98. The molecular weight excluding hydrogens is 204 g/mol. The van der Waals surface area contributed by atoms with E-state index >= 15 is 0 Å². The van der Waals surface area contributed by atoms with Gasteiger partial charge < -0.3 is 4.74 Å². The number of ketones is 1. The SMILES string of the molecule is COC(=O)c1ccccc1C1(C(C)=O)CC1. The van der Waals surface area contributed by atoms with Crippen LogP contribution in [0, 0.1) is 0 Å². The molecule has 1 saturated carbocycles. The van der Waals surface area contributed by atoms with E-state index in [0.29, 0.717) is 5.56 Å². The summed E-state index contributed by atoms with van der Waals surface area (Å²) in [7, 11) is 1.35. The molecule has 0 bridgehead atoms. The van der Waals surface area contributed by atoms with Crippen molar-refractivity contribution in [3.63, 3.8) is 0 Å². The molecule has 0 radical (unpaired) electrons. The first-order valence-electron chi connectivity index (χ1n) is 5.31. The number of hydrogen-bond donors (Lipinski definition) is 0. The van der Waals surface area contributed by atoms with Crippen LogP contribution in [0.1, 0.15) is 35.7 Å². The van der Waals surface area contributed by atoms with E-state index in [-0.39, 0.29) is 11.8 Å². The third kappa shape index (κ3) is 1.52. The number of ether oxygens (including phenoxy) is 1. The van der Waals surface area contributed by atoms with Crippen molar-refractivity contribution in [3.05, 3.63) is 35.4 Å². The molecule has 0 unspecified atom stereocenters. The maximum Gasteiger partial charge on any atom is 0.338 e. The number of hydrogen-bond acceptors (Lipinski definition) is 3. The summed E-state index contributed by atoms with van der Waals surface area (Å²) in [4.78, 5) is 23.2. The van der Waals surface area contributed by atoms with Gasteiger partial charge in [0.2, 0.25) is 0 Å². The van der Waals surface area contributed by atoms with Crippen LogP contribution in [0.15, 0.2) is 24.3 Å². The van der Waals surface area contributed by atoms with Crippen LogP contribution in [0.2, 0.25) is 0 Å². The standard InChI is InChI=1S/C13H14O3/c1-9(14)13(7-8-13)11-6-4-3-5-10(11)12(15)16-2/h3-6H,7-8H2,1-2H3. The number of benzene rings is 1. The lowest BCUT2D eigenvalue weighted by Crippen LogP contribution is -2.21. The van der Waals surface area contributed by atoms with Gasteiger partial charge in [0.15, 0.2) is 0 Å². The summed E-state index contributed by atoms with van der Waals surface area (Å²) >= 11 is 0. The fraction of sp³-hybridized carbons (Fsp3) is 0.385. The van der Waals surface area contributed by atoms with Gasteiger partial charge in [0, 0.05) is 0 Å². The summed E-state index contributed by atoms with van der Waals surface area (Å²) in [5, 5.41) is 0. The molecule has 0 N–H and O–H groups in total. The van der Waals surface area contributed by atoms with E-state index < -0.39 is 5.41 Å². The Labute approximate surface area is 94.4 Å². The minimum atomic E-state index is -0.426. The molecule has 0 aliphatic heterocycles. The topological polar surface area (TPSA) is 43.4 Å². The van der Waals surface area contributed by atoms with Gasteiger partial charge in [0.05, 0.1) is 18.1 Å². The molecule has 1 aliphatic rings. The van der Waals surface area contributed by atoms with Crippen LogP contribution in [0.4, 0.5) is 0 Å². The molecular formula is C13H14O3. The first kappa shape index (κ1) is 10.9. The number of methoxy groups -OCH3 is 1. The van der Waals surface area contributed by atoms with Gasteiger partial charge in [-0.05, 0) is 31.4 Å². The molecule has 1 aliphatic carbocycles. The highest BCUT2D eigenvalue weighted by Gasteiger charge is 2.50. The second kappa shape index (κ2) is 3.74. The summed E-state index contributed by atoms with van der Waals surface area (Å²) < 4.78 is 4.73. The number of rotatable bonds is 3. The Balaban J connectivity index is 2.49. The molecule has 3 nitrogen and oxygen atoms in total. The van der Waals surface area contributed by atoms with Gasteiger partial charge in [0.25, 0.3) is 0 Å². The number of esters is 1. The van der Waals surface area contributed by atoms with Crippen molar-refractivity contribution >= 4 is 11.8 Å². The molecule has 2 rings (SSSR count). The van der Waals surface area contributed by atoms with Crippen LogP contribution in [0.3, 0.4) is 0 Å². The Bertz CT molecular complexity index is 444. The molecule has 1 aromatic carbocycles. The second-order valence-corrected chi connectivity index (χ2v) is 4.18. The zero-order valence-electron chi connectivity index (χ0n) is 9.45. The molecule has 84 valence electrons. The van der Waals surface area contributed by atoms with Crippen molar-refractivity contribution < 1.29 is 14.3 Å². The van der Waals surface area contributed by atoms with Gasteiger partial charge in [-0.2, -0.15) is 0 Å². The average molecular weight is 218 g/mol. The van der Waals surface area contributed by atoms with Crippen LogP contribution in [0.5, 0.6) is 0 Å². The fourth-order valence-corrected chi connectivity index (χ4v) is 2.12. The molecule has 3 heteroatoms. The molecule has 0 heterocycles. The summed E-state index contributed by atoms with van der Waals surface area (Å²) in [6.07, 6.45) is 1.66. The maximum atomic E-state index is 11.6. The number of carbonyl (C=O) groups is 2. The summed E-state index contributed by atoms with van der Waals surface area (Å²) in [5.41, 5.74) is 0.900. The number of carbonyl (C=O) groups excluding carboxylic acids is 2. The number of Topliss-reactive ketones (excluding diaryl/α,β-unsaturated/α-hetero) is 1. The second-order valence-electron chi connectivity index (χ2n) is 4.18. The lowest BCUT2D eigenvalue weighted by molar-refractivity contribution is -0.119. The van der Waals surface area contributed by atoms with Gasteiger partial charge in [0.1, 0.15) is 5.78 Å². The maximum absolute atomic E-state index is 11.6. The Morgan fingerprint density at radius 2 is 1.88 bits per heavy atom. The van der Waals surface area contributed by atoms with E-state index in [0.717, 1.165) is 18.4 Å². The van der Waals surface area contributed by atoms with Crippen LogP contribution in [-0.2, 0) is 14.9 Å². The molecule has 16 heavy (non-hydrogen) atoms. The lowest BCUT2D eigenvalue weighted by atomic mass is 9.88. The highest BCUT2D eigenvalue weighted by atomic mass is 16.5. The minimum absolute atomic E-state index is 0.129. The lowest BCUT2D eigenvalue weighted by Gasteiger charge is -2.15. The van der Waals surface area contributed by atoms with Gasteiger partial charge >= 0.3 is 5.97 Å².